The zero-order chi connectivity index (χ0) is 18.0. The van der Waals surface area contributed by atoms with Gasteiger partial charge in [-0.15, -0.1) is 22.0 Å². The number of nitrogens with zero attached hydrogens (tertiary/aromatic N) is 2. The molecule has 130 valence electrons. The molecule has 0 spiro atoms. The number of benzene rings is 2. The van der Waals surface area contributed by atoms with Crippen LogP contribution in [0.25, 0.3) is 10.9 Å². The summed E-state index contributed by atoms with van der Waals surface area (Å²) in [7, 11) is 0. The number of hydrogen-bond donors (Lipinski definition) is 1. The molecule has 7 heteroatoms. The largest absolute Gasteiger partial charge is 0.348 e. The molecule has 1 heterocycles. The van der Waals surface area contributed by atoms with Gasteiger partial charge in [-0.25, -0.2) is 0 Å². The fourth-order valence-electron chi connectivity index (χ4n) is 2.29. The quantitative estimate of drug-likeness (QED) is 0.332. The molecule has 0 atom stereocenters. The first-order valence-electron chi connectivity index (χ1n) is 7.75. The molecule has 0 amide bonds. The Hall–Kier alpha value is -1.20. The normalized spacial score (nSPS) is 11.9. The monoisotopic (exact) mass is 411 g/mol. The molecule has 1 aromatic heterocycles. The number of aromatic amines is 1. The summed E-state index contributed by atoms with van der Waals surface area (Å²) in [6.07, 6.45) is 0. The molecule has 0 unspecified atom stereocenters. The first-order valence-corrected chi connectivity index (χ1v) is 9.87. The van der Waals surface area contributed by atoms with E-state index < -0.39 is 0 Å². The standard InChI is InChI=1S/C18H16Cl3N3S/c1-10(2)9-25-18-16(12-5-3-4-6-15(12)22-18)23-24-17-13(20)7-11(19)8-14(17)21/h3-8,10,22H,9H2,1-2H3. The first-order chi connectivity index (χ1) is 12.0. The van der Waals surface area contributed by atoms with Crippen molar-refractivity contribution in [3.8, 4) is 0 Å². The molecule has 0 fully saturated rings. The molecule has 0 saturated heterocycles. The molecule has 3 nitrogen and oxygen atoms in total. The Kier molecular flexibility index (Phi) is 5.95. The van der Waals surface area contributed by atoms with E-state index in [0.717, 1.165) is 27.4 Å². The fourth-order valence-corrected chi connectivity index (χ4v) is 4.15. The third-order valence-corrected chi connectivity index (χ3v) is 5.65. The molecule has 0 radical (unpaired) electrons. The number of azo groups is 1. The SMILES string of the molecule is CC(C)CSc1[nH]c2ccccc2c1N=Nc1c(Cl)cc(Cl)cc1Cl. The molecule has 3 aromatic rings. The maximum absolute atomic E-state index is 6.20. The van der Waals surface area contributed by atoms with E-state index in [1.54, 1.807) is 23.9 Å². The lowest BCUT2D eigenvalue weighted by molar-refractivity contribution is 0.750. The minimum absolute atomic E-state index is 0.373. The van der Waals surface area contributed by atoms with Crippen molar-refractivity contribution in [2.75, 3.05) is 5.75 Å². The zero-order valence-corrected chi connectivity index (χ0v) is 16.8. The highest BCUT2D eigenvalue weighted by atomic mass is 35.5. The van der Waals surface area contributed by atoms with E-state index in [-0.39, 0.29) is 0 Å². The van der Waals surface area contributed by atoms with Gasteiger partial charge in [-0.2, -0.15) is 0 Å². The molecule has 3 rings (SSSR count). The molecule has 1 N–H and O–H groups in total. The molecule has 0 aliphatic carbocycles. The molecular formula is C18H16Cl3N3S. The van der Waals surface area contributed by atoms with E-state index in [0.29, 0.717) is 26.7 Å². The summed E-state index contributed by atoms with van der Waals surface area (Å²) in [6.45, 7) is 4.37. The summed E-state index contributed by atoms with van der Waals surface area (Å²) in [5, 5.41) is 12.0. The van der Waals surface area contributed by atoms with Crippen molar-refractivity contribution >= 4 is 68.8 Å². The topological polar surface area (TPSA) is 40.5 Å². The Morgan fingerprint density at radius 2 is 1.64 bits per heavy atom. The molecule has 0 aliphatic rings. The minimum Gasteiger partial charge on any atom is -0.348 e. The summed E-state index contributed by atoms with van der Waals surface area (Å²) in [6, 6.07) is 11.2. The highest BCUT2D eigenvalue weighted by molar-refractivity contribution is 7.99. The number of aromatic nitrogens is 1. The van der Waals surface area contributed by atoms with E-state index in [4.69, 9.17) is 34.8 Å². The Morgan fingerprint density at radius 1 is 1.00 bits per heavy atom. The van der Waals surface area contributed by atoms with Gasteiger partial charge in [-0.05, 0) is 24.1 Å². The van der Waals surface area contributed by atoms with E-state index in [9.17, 15) is 0 Å². The summed E-state index contributed by atoms with van der Waals surface area (Å²) in [5.74, 6) is 1.55. The van der Waals surface area contributed by atoms with Crippen molar-refractivity contribution in [1.29, 1.82) is 0 Å². The molecule has 25 heavy (non-hydrogen) atoms. The first kappa shape index (κ1) is 18.6. The second kappa shape index (κ2) is 8.00. The van der Waals surface area contributed by atoms with Crippen molar-refractivity contribution < 1.29 is 0 Å². The van der Waals surface area contributed by atoms with Crippen LogP contribution in [0.5, 0.6) is 0 Å². The van der Waals surface area contributed by atoms with E-state index in [2.05, 4.69) is 29.1 Å². The van der Waals surface area contributed by atoms with Crippen molar-refractivity contribution in [3.05, 3.63) is 51.5 Å². The average molecular weight is 413 g/mol. The van der Waals surface area contributed by atoms with Crippen molar-refractivity contribution in [2.45, 2.75) is 18.9 Å². The van der Waals surface area contributed by atoms with Gasteiger partial charge in [0, 0.05) is 21.7 Å². The predicted molar refractivity (Wildman–Crippen MR) is 110 cm³/mol. The Bertz CT molecular complexity index is 911. The van der Waals surface area contributed by atoms with Crippen LogP contribution in [0.1, 0.15) is 13.8 Å². The number of nitrogens with one attached hydrogen (secondary N) is 1. The van der Waals surface area contributed by atoms with Crippen LogP contribution in [-0.4, -0.2) is 10.7 Å². The number of hydrogen-bond acceptors (Lipinski definition) is 3. The molecule has 0 saturated carbocycles. The summed E-state index contributed by atoms with van der Waals surface area (Å²) < 4.78 is 0. The molecule has 0 aliphatic heterocycles. The predicted octanol–water partition coefficient (Wildman–Crippen LogP) is 8.29. The van der Waals surface area contributed by atoms with Crippen LogP contribution >= 0.6 is 46.6 Å². The van der Waals surface area contributed by atoms with Gasteiger partial charge in [-0.1, -0.05) is 66.8 Å². The van der Waals surface area contributed by atoms with Gasteiger partial charge in [-0.3, -0.25) is 0 Å². The van der Waals surface area contributed by atoms with Crippen LogP contribution in [0.15, 0.2) is 51.7 Å². The van der Waals surface area contributed by atoms with Crippen molar-refractivity contribution in [2.24, 2.45) is 16.1 Å². The van der Waals surface area contributed by atoms with Crippen molar-refractivity contribution in [3.63, 3.8) is 0 Å². The number of thioether (sulfide) groups is 1. The maximum atomic E-state index is 6.20. The number of fused-ring (bicyclic) bond motifs is 1. The van der Waals surface area contributed by atoms with Crippen molar-refractivity contribution in [1.82, 2.24) is 4.98 Å². The van der Waals surface area contributed by atoms with Gasteiger partial charge in [0.2, 0.25) is 0 Å². The fraction of sp³-hybridized carbons (Fsp3) is 0.222. The van der Waals surface area contributed by atoms with Crippen LogP contribution in [0.2, 0.25) is 15.1 Å². The van der Waals surface area contributed by atoms with Gasteiger partial charge in [0.05, 0.1) is 10.0 Å². The van der Waals surface area contributed by atoms with E-state index in [1.165, 1.54) is 0 Å². The van der Waals surface area contributed by atoms with Gasteiger partial charge in [0.15, 0.2) is 0 Å². The molecular weight excluding hydrogens is 397 g/mol. The number of rotatable bonds is 5. The average Bonchev–Trinajstić information content (AvgIpc) is 2.90. The van der Waals surface area contributed by atoms with Crippen LogP contribution in [0, 0.1) is 5.92 Å². The van der Waals surface area contributed by atoms with Gasteiger partial charge in [0.25, 0.3) is 0 Å². The number of para-hydroxylation sites is 1. The lowest BCUT2D eigenvalue weighted by Crippen LogP contribution is -1.89. The third-order valence-electron chi connectivity index (χ3n) is 3.44. The van der Waals surface area contributed by atoms with Gasteiger partial charge >= 0.3 is 0 Å². The highest BCUT2D eigenvalue weighted by Crippen LogP contribution is 2.41. The van der Waals surface area contributed by atoms with E-state index >= 15 is 0 Å². The second-order valence-corrected chi connectivity index (χ2v) is 8.25. The Balaban J connectivity index is 2.04. The zero-order valence-electron chi connectivity index (χ0n) is 13.7. The minimum atomic E-state index is 0.373. The smallest absolute Gasteiger partial charge is 0.125 e. The second-order valence-electron chi connectivity index (χ2n) is 5.97. The summed E-state index contributed by atoms with van der Waals surface area (Å²) in [4.78, 5) is 3.42. The van der Waals surface area contributed by atoms with Gasteiger partial charge in [0.1, 0.15) is 16.4 Å². The highest BCUT2D eigenvalue weighted by Gasteiger charge is 2.13. The maximum Gasteiger partial charge on any atom is 0.125 e. The van der Waals surface area contributed by atoms with Gasteiger partial charge < -0.3 is 4.98 Å². The Morgan fingerprint density at radius 3 is 2.32 bits per heavy atom. The van der Waals surface area contributed by atoms with Crippen LogP contribution in [-0.2, 0) is 0 Å². The summed E-state index contributed by atoms with van der Waals surface area (Å²) in [5.41, 5.74) is 2.23. The Labute approximate surface area is 165 Å². The molecule has 0 bridgehead atoms. The van der Waals surface area contributed by atoms with Crippen LogP contribution in [0.4, 0.5) is 11.4 Å². The number of H-pyrrole nitrogens is 1. The van der Waals surface area contributed by atoms with E-state index in [1.807, 2.05) is 24.3 Å². The van der Waals surface area contributed by atoms with Crippen LogP contribution < -0.4 is 0 Å². The lowest BCUT2D eigenvalue weighted by Gasteiger charge is -2.04. The third kappa shape index (κ3) is 4.32. The summed E-state index contributed by atoms with van der Waals surface area (Å²) >= 11 is 20.1. The number of halogens is 3. The van der Waals surface area contributed by atoms with Crippen LogP contribution in [0.3, 0.4) is 0 Å². The molecule has 2 aromatic carbocycles. The lowest BCUT2D eigenvalue weighted by atomic mass is 10.2.